The van der Waals surface area contributed by atoms with Crippen LogP contribution in [0.2, 0.25) is 0 Å². The number of carbonyl (C=O) groups is 2. The molecule has 1 aliphatic carbocycles. The van der Waals surface area contributed by atoms with Gasteiger partial charge in [-0.3, -0.25) is 4.79 Å². The summed E-state index contributed by atoms with van der Waals surface area (Å²) in [4.78, 5) is 23.7. The maximum atomic E-state index is 12.6. The van der Waals surface area contributed by atoms with Gasteiger partial charge in [-0.1, -0.05) is 30.4 Å². The molecule has 1 aromatic carbocycles. The van der Waals surface area contributed by atoms with E-state index in [9.17, 15) is 9.59 Å². The molecular formula is C17H17N3O3. The summed E-state index contributed by atoms with van der Waals surface area (Å²) in [5.74, 6) is -1.47. The monoisotopic (exact) mass is 311 g/mol. The Balaban J connectivity index is 1.92. The zero-order chi connectivity index (χ0) is 16.2. The maximum absolute atomic E-state index is 12.6. The molecule has 2 N–H and O–H groups in total. The molecule has 1 aliphatic rings. The highest BCUT2D eigenvalue weighted by atomic mass is 16.4. The first-order valence-corrected chi connectivity index (χ1v) is 7.50. The van der Waals surface area contributed by atoms with E-state index in [1.165, 1.54) is 10.7 Å². The molecule has 0 fully saturated rings. The van der Waals surface area contributed by atoms with Gasteiger partial charge in [0.2, 0.25) is 0 Å². The molecule has 0 bridgehead atoms. The highest BCUT2D eigenvalue weighted by Gasteiger charge is 2.22. The second kappa shape index (κ2) is 6.48. The number of aromatic nitrogens is 2. The number of carbonyl (C=O) groups excluding carboxylic acids is 1. The number of nitrogens with one attached hydrogen (secondary N) is 1. The number of carboxylic acids is 1. The van der Waals surface area contributed by atoms with Gasteiger partial charge in [0.15, 0.2) is 5.69 Å². The normalized spacial score (nSPS) is 17.0. The minimum Gasteiger partial charge on any atom is -0.476 e. The first kappa shape index (κ1) is 15.0. The Hall–Kier alpha value is -2.89. The average molecular weight is 311 g/mol. The van der Waals surface area contributed by atoms with Crippen LogP contribution in [0.1, 0.15) is 40.2 Å². The van der Waals surface area contributed by atoms with Gasteiger partial charge in [0, 0.05) is 12.1 Å². The van der Waals surface area contributed by atoms with E-state index in [4.69, 9.17) is 5.11 Å². The van der Waals surface area contributed by atoms with Gasteiger partial charge in [-0.2, -0.15) is 5.10 Å². The lowest BCUT2D eigenvalue weighted by atomic mass is 10.0. The summed E-state index contributed by atoms with van der Waals surface area (Å²) in [6.45, 7) is 0. The van der Waals surface area contributed by atoms with Crippen molar-refractivity contribution < 1.29 is 14.7 Å². The summed E-state index contributed by atoms with van der Waals surface area (Å²) in [6, 6.07) is 10.4. The lowest BCUT2D eigenvalue weighted by Crippen LogP contribution is -2.36. The highest BCUT2D eigenvalue weighted by Crippen LogP contribution is 2.15. The van der Waals surface area contributed by atoms with Crippen molar-refractivity contribution >= 4 is 11.9 Å². The van der Waals surface area contributed by atoms with Crippen molar-refractivity contribution in [1.82, 2.24) is 15.1 Å². The number of hydrogen-bond donors (Lipinski definition) is 2. The number of nitrogens with zero attached hydrogens (tertiary/aromatic N) is 2. The standard InChI is InChI=1S/C17H17N3O3/c21-16(18-12-7-3-1-4-8-12)15-11-14(17(22)23)19-20(15)13-9-5-2-6-10-13/h1-3,5-6,9-12H,4,7-8H2,(H,18,21)(H,22,23). The molecule has 1 unspecified atom stereocenters. The number of carboxylic acid groups (broad SMARTS) is 1. The van der Waals surface area contributed by atoms with E-state index in [2.05, 4.69) is 16.5 Å². The fourth-order valence-electron chi connectivity index (χ4n) is 2.60. The molecule has 3 rings (SSSR count). The van der Waals surface area contributed by atoms with Crippen LogP contribution in [-0.2, 0) is 0 Å². The summed E-state index contributed by atoms with van der Waals surface area (Å²) >= 11 is 0. The summed E-state index contributed by atoms with van der Waals surface area (Å²) < 4.78 is 1.37. The van der Waals surface area contributed by atoms with Crippen LogP contribution in [0.4, 0.5) is 0 Å². The van der Waals surface area contributed by atoms with Crippen molar-refractivity contribution in [2.45, 2.75) is 25.3 Å². The maximum Gasteiger partial charge on any atom is 0.356 e. The lowest BCUT2D eigenvalue weighted by molar-refractivity contribution is 0.0689. The molecule has 0 saturated carbocycles. The Bertz CT molecular complexity index is 750. The van der Waals surface area contributed by atoms with Crippen LogP contribution >= 0.6 is 0 Å². The quantitative estimate of drug-likeness (QED) is 0.849. The fourth-order valence-corrected chi connectivity index (χ4v) is 2.60. The van der Waals surface area contributed by atoms with Crippen LogP contribution < -0.4 is 5.32 Å². The number of benzene rings is 1. The topological polar surface area (TPSA) is 84.2 Å². The number of rotatable bonds is 4. The van der Waals surface area contributed by atoms with Gasteiger partial charge in [0.25, 0.3) is 5.91 Å². The Morgan fingerprint density at radius 1 is 1.22 bits per heavy atom. The van der Waals surface area contributed by atoms with Crippen LogP contribution in [0, 0.1) is 0 Å². The molecular weight excluding hydrogens is 294 g/mol. The molecule has 23 heavy (non-hydrogen) atoms. The van der Waals surface area contributed by atoms with E-state index in [1.807, 2.05) is 24.3 Å². The molecule has 118 valence electrons. The Labute approximate surface area is 133 Å². The second-order valence-corrected chi connectivity index (χ2v) is 5.42. The molecule has 0 radical (unpaired) electrons. The second-order valence-electron chi connectivity index (χ2n) is 5.42. The van der Waals surface area contributed by atoms with Gasteiger partial charge >= 0.3 is 5.97 Å². The Morgan fingerprint density at radius 3 is 2.65 bits per heavy atom. The summed E-state index contributed by atoms with van der Waals surface area (Å²) in [6.07, 6.45) is 6.75. The Morgan fingerprint density at radius 2 is 2.00 bits per heavy atom. The zero-order valence-electron chi connectivity index (χ0n) is 12.5. The Kier molecular flexibility index (Phi) is 4.23. The van der Waals surface area contributed by atoms with Crippen LogP contribution in [0.15, 0.2) is 48.6 Å². The number of allylic oxidation sites excluding steroid dienone is 1. The third kappa shape index (κ3) is 3.31. The van der Waals surface area contributed by atoms with Crippen molar-refractivity contribution in [2.24, 2.45) is 0 Å². The van der Waals surface area contributed by atoms with E-state index in [0.717, 1.165) is 19.3 Å². The summed E-state index contributed by atoms with van der Waals surface area (Å²) in [7, 11) is 0. The van der Waals surface area contributed by atoms with Crippen molar-refractivity contribution in [2.75, 3.05) is 0 Å². The third-order valence-electron chi connectivity index (χ3n) is 3.77. The largest absolute Gasteiger partial charge is 0.476 e. The summed E-state index contributed by atoms with van der Waals surface area (Å²) in [5.41, 5.74) is 0.722. The first-order valence-electron chi connectivity index (χ1n) is 7.50. The highest BCUT2D eigenvalue weighted by molar-refractivity contribution is 5.96. The van der Waals surface area contributed by atoms with Crippen molar-refractivity contribution in [1.29, 1.82) is 0 Å². The molecule has 1 atom stereocenters. The van der Waals surface area contributed by atoms with Gasteiger partial charge in [-0.15, -0.1) is 0 Å². The smallest absolute Gasteiger partial charge is 0.356 e. The van der Waals surface area contributed by atoms with E-state index in [-0.39, 0.29) is 23.3 Å². The molecule has 1 amide bonds. The number of para-hydroxylation sites is 1. The molecule has 0 saturated heterocycles. The fraction of sp³-hybridized carbons (Fsp3) is 0.235. The van der Waals surface area contributed by atoms with Gasteiger partial charge < -0.3 is 10.4 Å². The van der Waals surface area contributed by atoms with Crippen molar-refractivity contribution in [3.05, 3.63) is 59.9 Å². The van der Waals surface area contributed by atoms with Gasteiger partial charge in [-0.05, 0) is 31.4 Å². The number of aromatic carboxylic acids is 1. The molecule has 2 aromatic rings. The van der Waals surface area contributed by atoms with Gasteiger partial charge in [0.1, 0.15) is 5.69 Å². The van der Waals surface area contributed by atoms with Crippen LogP contribution in [0.5, 0.6) is 0 Å². The lowest BCUT2D eigenvalue weighted by Gasteiger charge is -2.19. The predicted molar refractivity (Wildman–Crippen MR) is 84.8 cm³/mol. The van der Waals surface area contributed by atoms with Crippen molar-refractivity contribution in [3.8, 4) is 5.69 Å². The minimum absolute atomic E-state index is 0.0694. The van der Waals surface area contributed by atoms with Crippen LogP contribution in [0.3, 0.4) is 0 Å². The third-order valence-corrected chi connectivity index (χ3v) is 3.77. The first-order chi connectivity index (χ1) is 11.1. The molecule has 0 aliphatic heterocycles. The minimum atomic E-state index is -1.16. The van der Waals surface area contributed by atoms with Crippen molar-refractivity contribution in [3.63, 3.8) is 0 Å². The van der Waals surface area contributed by atoms with E-state index >= 15 is 0 Å². The predicted octanol–water partition coefficient (Wildman–Crippen LogP) is 2.41. The average Bonchev–Trinajstić information content (AvgIpc) is 3.02. The molecule has 1 heterocycles. The van der Waals surface area contributed by atoms with Gasteiger partial charge in [-0.25, -0.2) is 9.48 Å². The van der Waals surface area contributed by atoms with Crippen LogP contribution in [0.25, 0.3) is 5.69 Å². The summed E-state index contributed by atoms with van der Waals surface area (Å²) in [5, 5.41) is 16.1. The molecule has 6 nitrogen and oxygen atoms in total. The number of amides is 1. The molecule has 0 spiro atoms. The SMILES string of the molecule is O=C(O)c1cc(C(=O)NC2CC=CCC2)n(-c2ccccc2)n1. The van der Waals surface area contributed by atoms with E-state index in [0.29, 0.717) is 5.69 Å². The van der Waals surface area contributed by atoms with E-state index in [1.54, 1.807) is 12.1 Å². The number of hydrogen-bond acceptors (Lipinski definition) is 3. The van der Waals surface area contributed by atoms with Crippen LogP contribution in [-0.4, -0.2) is 32.8 Å². The molecule has 6 heteroatoms. The molecule has 1 aromatic heterocycles. The zero-order valence-corrected chi connectivity index (χ0v) is 12.5. The van der Waals surface area contributed by atoms with Gasteiger partial charge in [0.05, 0.1) is 5.69 Å². The van der Waals surface area contributed by atoms with E-state index < -0.39 is 5.97 Å².